The lowest BCUT2D eigenvalue weighted by molar-refractivity contribution is -0.114. The van der Waals surface area contributed by atoms with Crippen molar-refractivity contribution in [1.82, 2.24) is 0 Å². The van der Waals surface area contributed by atoms with E-state index in [2.05, 4.69) is 11.9 Å². The molecule has 0 heterocycles. The van der Waals surface area contributed by atoms with Gasteiger partial charge in [-0.2, -0.15) is 0 Å². The van der Waals surface area contributed by atoms with Crippen molar-refractivity contribution in [3.8, 4) is 5.75 Å². The summed E-state index contributed by atoms with van der Waals surface area (Å²) in [6.07, 6.45) is 3.48. The van der Waals surface area contributed by atoms with Crippen LogP contribution in [0.3, 0.4) is 0 Å². The minimum atomic E-state index is -4.14. The van der Waals surface area contributed by atoms with Crippen LogP contribution in [0.2, 0.25) is 0 Å². The molecule has 0 aliphatic heterocycles. The van der Waals surface area contributed by atoms with E-state index >= 15 is 0 Å². The molecule has 1 N–H and O–H groups in total. The number of carbonyl (C=O) groups is 1. The first-order valence-electron chi connectivity index (χ1n) is 9.89. The fourth-order valence-electron chi connectivity index (χ4n) is 2.97. The van der Waals surface area contributed by atoms with E-state index in [1.165, 1.54) is 42.1 Å². The Balaban J connectivity index is 1.88. The number of sulfonamides is 1. The lowest BCUT2D eigenvalue weighted by Crippen LogP contribution is -2.38. The van der Waals surface area contributed by atoms with E-state index in [1.54, 1.807) is 42.5 Å². The van der Waals surface area contributed by atoms with E-state index in [0.29, 0.717) is 18.0 Å². The summed E-state index contributed by atoms with van der Waals surface area (Å²) in [7, 11) is -4.14. The summed E-state index contributed by atoms with van der Waals surface area (Å²) in [5.74, 6) is -0.682. The summed E-state index contributed by atoms with van der Waals surface area (Å²) in [4.78, 5) is 13.7. The van der Waals surface area contributed by atoms with Crippen molar-refractivity contribution in [3.05, 3.63) is 91.3 Å². The van der Waals surface area contributed by atoms with Gasteiger partial charge < -0.3 is 10.1 Å². The number of nitrogens with zero attached hydrogens (tertiary/aromatic N) is 1. The van der Waals surface area contributed by atoms with Crippen LogP contribution in [0.5, 0.6) is 5.75 Å². The maximum atomic E-state index is 13.9. The number of anilines is 2. The zero-order chi connectivity index (χ0) is 23.8. The predicted molar refractivity (Wildman–Crippen MR) is 130 cm³/mol. The zero-order valence-electron chi connectivity index (χ0n) is 17.9. The minimum Gasteiger partial charge on any atom is -0.489 e. The molecule has 6 nitrogen and oxygen atoms in total. The van der Waals surface area contributed by atoms with Crippen LogP contribution in [0.1, 0.15) is 0 Å². The van der Waals surface area contributed by atoms with Gasteiger partial charge >= 0.3 is 0 Å². The molecule has 1 amide bonds. The Labute approximate surface area is 197 Å². The van der Waals surface area contributed by atoms with Gasteiger partial charge in [-0.15, -0.1) is 11.8 Å². The number of hydrogen-bond acceptors (Lipinski definition) is 5. The van der Waals surface area contributed by atoms with E-state index in [4.69, 9.17) is 4.74 Å². The van der Waals surface area contributed by atoms with Crippen molar-refractivity contribution in [1.29, 1.82) is 0 Å². The van der Waals surface area contributed by atoms with Gasteiger partial charge in [-0.25, -0.2) is 12.8 Å². The normalized spacial score (nSPS) is 11.0. The number of ether oxygens (including phenoxy) is 1. The summed E-state index contributed by atoms with van der Waals surface area (Å²) in [6, 6.07) is 18.1. The van der Waals surface area contributed by atoms with Crippen molar-refractivity contribution in [2.24, 2.45) is 0 Å². The lowest BCUT2D eigenvalue weighted by Gasteiger charge is -2.24. The first kappa shape index (κ1) is 24.3. The Kier molecular flexibility index (Phi) is 8.13. The van der Waals surface area contributed by atoms with Crippen LogP contribution < -0.4 is 14.4 Å². The van der Waals surface area contributed by atoms with Crippen molar-refractivity contribution in [2.75, 3.05) is 29.0 Å². The third-order valence-corrected chi connectivity index (χ3v) is 7.05. The number of carbonyl (C=O) groups excluding carboxylic acids is 1. The molecule has 0 unspecified atom stereocenters. The van der Waals surface area contributed by atoms with Crippen LogP contribution in [0.15, 0.2) is 95.2 Å². The zero-order valence-corrected chi connectivity index (χ0v) is 19.5. The Morgan fingerprint density at radius 2 is 1.85 bits per heavy atom. The highest BCUT2D eigenvalue weighted by atomic mass is 32.2. The average molecular weight is 487 g/mol. The molecule has 3 aromatic rings. The molecule has 3 aromatic carbocycles. The SMILES string of the molecule is C=CCOc1cccc(NC(=O)CN(c2cccc(F)c2)S(=O)(=O)c2ccc(SC)cc2)c1. The van der Waals surface area contributed by atoms with Gasteiger partial charge in [0.1, 0.15) is 24.7 Å². The number of rotatable bonds is 10. The molecule has 172 valence electrons. The highest BCUT2D eigenvalue weighted by Gasteiger charge is 2.27. The van der Waals surface area contributed by atoms with Gasteiger partial charge in [-0.05, 0) is 60.9 Å². The van der Waals surface area contributed by atoms with E-state index in [-0.39, 0.29) is 10.6 Å². The fourth-order valence-corrected chi connectivity index (χ4v) is 4.79. The van der Waals surface area contributed by atoms with Gasteiger partial charge in [0.2, 0.25) is 5.91 Å². The van der Waals surface area contributed by atoms with Gasteiger partial charge in [-0.1, -0.05) is 24.8 Å². The molecule has 33 heavy (non-hydrogen) atoms. The van der Waals surface area contributed by atoms with Crippen LogP contribution in [0.25, 0.3) is 0 Å². The fraction of sp³-hybridized carbons (Fsp3) is 0.125. The molecule has 0 atom stereocenters. The average Bonchev–Trinajstić information content (AvgIpc) is 2.81. The maximum absolute atomic E-state index is 13.9. The predicted octanol–water partition coefficient (Wildman–Crippen LogP) is 4.95. The van der Waals surface area contributed by atoms with Gasteiger partial charge in [0.15, 0.2) is 0 Å². The van der Waals surface area contributed by atoms with E-state index in [1.807, 2.05) is 6.26 Å². The number of hydrogen-bond donors (Lipinski definition) is 1. The van der Waals surface area contributed by atoms with Gasteiger partial charge in [0.25, 0.3) is 10.0 Å². The highest BCUT2D eigenvalue weighted by Crippen LogP contribution is 2.26. The summed E-state index contributed by atoms with van der Waals surface area (Å²) in [6.45, 7) is 3.34. The number of nitrogens with one attached hydrogen (secondary N) is 1. The quantitative estimate of drug-likeness (QED) is 0.324. The van der Waals surface area contributed by atoms with Crippen LogP contribution in [-0.2, 0) is 14.8 Å². The van der Waals surface area contributed by atoms with Gasteiger partial charge in [0, 0.05) is 16.6 Å². The number of thioether (sulfide) groups is 1. The summed E-state index contributed by atoms with van der Waals surface area (Å²) in [5.41, 5.74) is 0.477. The lowest BCUT2D eigenvalue weighted by atomic mass is 10.3. The molecule has 3 rings (SSSR count). The second kappa shape index (κ2) is 11.0. The Morgan fingerprint density at radius 3 is 2.52 bits per heavy atom. The smallest absolute Gasteiger partial charge is 0.264 e. The van der Waals surface area contributed by atoms with Crippen molar-refractivity contribution >= 4 is 39.1 Å². The second-order valence-corrected chi connectivity index (χ2v) is 9.58. The van der Waals surface area contributed by atoms with Crippen LogP contribution in [0.4, 0.5) is 15.8 Å². The largest absolute Gasteiger partial charge is 0.489 e. The minimum absolute atomic E-state index is 0.00261. The second-order valence-electron chi connectivity index (χ2n) is 6.84. The topological polar surface area (TPSA) is 75.7 Å². The first-order chi connectivity index (χ1) is 15.8. The Hall–Kier alpha value is -3.30. The van der Waals surface area contributed by atoms with E-state index in [0.717, 1.165) is 15.3 Å². The van der Waals surface area contributed by atoms with Crippen LogP contribution >= 0.6 is 11.8 Å². The molecule has 0 aromatic heterocycles. The highest BCUT2D eigenvalue weighted by molar-refractivity contribution is 7.98. The Bertz CT molecular complexity index is 1230. The molecule has 0 saturated carbocycles. The number of halogens is 1. The van der Waals surface area contributed by atoms with Crippen molar-refractivity contribution < 1.29 is 22.3 Å². The maximum Gasteiger partial charge on any atom is 0.264 e. The van der Waals surface area contributed by atoms with E-state index < -0.39 is 28.3 Å². The van der Waals surface area contributed by atoms with Gasteiger partial charge in [-0.3, -0.25) is 9.10 Å². The molecule has 0 radical (unpaired) electrons. The van der Waals surface area contributed by atoms with E-state index in [9.17, 15) is 17.6 Å². The molecular formula is C24H23FN2O4S2. The van der Waals surface area contributed by atoms with Crippen LogP contribution in [0, 0.1) is 5.82 Å². The third-order valence-electron chi connectivity index (χ3n) is 4.52. The molecule has 0 fully saturated rings. The summed E-state index contributed by atoms with van der Waals surface area (Å²) in [5, 5.41) is 2.67. The summed E-state index contributed by atoms with van der Waals surface area (Å²) < 4.78 is 47.0. The molecule has 0 bridgehead atoms. The molecular weight excluding hydrogens is 463 g/mol. The van der Waals surface area contributed by atoms with Crippen molar-refractivity contribution in [3.63, 3.8) is 0 Å². The molecule has 0 aliphatic carbocycles. The first-order valence-corrected chi connectivity index (χ1v) is 12.6. The van der Waals surface area contributed by atoms with Crippen LogP contribution in [-0.4, -0.2) is 33.7 Å². The third kappa shape index (κ3) is 6.36. The molecule has 9 heteroatoms. The van der Waals surface area contributed by atoms with Gasteiger partial charge in [0.05, 0.1) is 10.6 Å². The monoisotopic (exact) mass is 486 g/mol. The van der Waals surface area contributed by atoms with Crippen molar-refractivity contribution in [2.45, 2.75) is 9.79 Å². The standard InChI is InChI=1S/C24H23FN2O4S2/c1-3-14-31-21-9-5-7-19(16-21)26-24(28)17-27(20-8-4-6-18(25)15-20)33(29,30)23-12-10-22(32-2)11-13-23/h3-13,15-16H,1,14,17H2,2H3,(H,26,28). The molecule has 0 spiro atoms. The number of benzene rings is 3. The number of amides is 1. The molecule has 0 saturated heterocycles. The summed E-state index contributed by atoms with van der Waals surface area (Å²) >= 11 is 1.47. The Morgan fingerprint density at radius 1 is 1.12 bits per heavy atom. The molecule has 0 aliphatic rings.